The predicted octanol–water partition coefficient (Wildman–Crippen LogP) is 1.20. The van der Waals surface area contributed by atoms with Gasteiger partial charge in [-0.3, -0.25) is 4.79 Å². The maximum absolute atomic E-state index is 13.4. The number of carboxylic acid groups (broad SMARTS) is 1. The molecule has 0 spiro atoms. The molecule has 5 nitrogen and oxygen atoms in total. The van der Waals surface area contributed by atoms with E-state index in [0.29, 0.717) is 0 Å². The number of hydrogen-bond acceptors (Lipinski definition) is 5. The highest BCUT2D eigenvalue weighted by Gasteiger charge is 2.26. The molecule has 2 unspecified atom stereocenters. The molecule has 0 aliphatic heterocycles. The first kappa shape index (κ1) is 15.6. The minimum Gasteiger partial charge on any atom is -0.478 e. The topological polar surface area (TPSA) is 94.8 Å². The van der Waals surface area contributed by atoms with Crippen molar-refractivity contribution in [2.75, 3.05) is 5.75 Å². The zero-order chi connectivity index (χ0) is 14.6. The van der Waals surface area contributed by atoms with Crippen LogP contribution in [0, 0.1) is 5.82 Å². The summed E-state index contributed by atoms with van der Waals surface area (Å²) >= 11 is 0.791. The monoisotopic (exact) mass is 288 g/mol. The number of halogens is 1. The van der Waals surface area contributed by atoms with Crippen LogP contribution in [0.3, 0.4) is 0 Å². The maximum atomic E-state index is 13.4. The number of aromatic carboxylic acids is 1. The number of carbonyl (C=O) groups is 2. The smallest absolute Gasteiger partial charge is 0.339 e. The molecule has 1 rings (SSSR count). The maximum Gasteiger partial charge on any atom is 0.339 e. The number of carbonyl (C=O) groups excluding carboxylic acids is 1. The van der Waals surface area contributed by atoms with Crippen molar-refractivity contribution in [1.29, 1.82) is 0 Å². The largest absolute Gasteiger partial charge is 0.478 e. The molecule has 104 valence electrons. The van der Waals surface area contributed by atoms with Crippen LogP contribution in [0.15, 0.2) is 18.2 Å². The Morgan fingerprint density at radius 3 is 2.53 bits per heavy atom. The average molecular weight is 288 g/mol. The summed E-state index contributed by atoms with van der Waals surface area (Å²) < 4.78 is 13.4. The van der Waals surface area contributed by atoms with Crippen molar-refractivity contribution in [3.05, 3.63) is 35.1 Å². The normalized spacial score (nSPS) is 13.9. The van der Waals surface area contributed by atoms with Gasteiger partial charge in [-0.25, -0.2) is 9.18 Å². The summed E-state index contributed by atoms with van der Waals surface area (Å²) in [5.41, 5.74) is -0.897. The molecule has 0 saturated heterocycles. The van der Waals surface area contributed by atoms with E-state index in [9.17, 15) is 24.2 Å². The molecular formula is C12H13FO5S. The molecule has 0 aromatic heterocycles. The summed E-state index contributed by atoms with van der Waals surface area (Å²) in [4.78, 5) is 21.7. The fraction of sp³-hybridized carbons (Fsp3) is 0.333. The van der Waals surface area contributed by atoms with Crippen LogP contribution < -0.4 is 0 Å². The van der Waals surface area contributed by atoms with Gasteiger partial charge < -0.3 is 15.3 Å². The molecule has 0 heterocycles. The van der Waals surface area contributed by atoms with Gasteiger partial charge in [0, 0.05) is 18.2 Å². The molecule has 19 heavy (non-hydrogen) atoms. The molecule has 7 heteroatoms. The van der Waals surface area contributed by atoms with Crippen LogP contribution >= 0.6 is 11.8 Å². The number of rotatable bonds is 5. The Balaban J connectivity index is 2.99. The Bertz CT molecular complexity index is 491. The first-order chi connectivity index (χ1) is 8.84. The van der Waals surface area contributed by atoms with Crippen LogP contribution in [0.2, 0.25) is 0 Å². The highest BCUT2D eigenvalue weighted by molar-refractivity contribution is 8.13. The zero-order valence-electron chi connectivity index (χ0n) is 10.0. The molecule has 0 aliphatic carbocycles. The quantitative estimate of drug-likeness (QED) is 0.753. The van der Waals surface area contributed by atoms with Crippen LogP contribution in [0.4, 0.5) is 4.39 Å². The molecule has 0 aliphatic rings. The zero-order valence-corrected chi connectivity index (χ0v) is 10.9. The molecule has 1 aromatic rings. The Hall–Kier alpha value is -1.44. The van der Waals surface area contributed by atoms with E-state index >= 15 is 0 Å². The molecule has 0 amide bonds. The van der Waals surface area contributed by atoms with Gasteiger partial charge >= 0.3 is 5.97 Å². The lowest BCUT2D eigenvalue weighted by atomic mass is 9.99. The summed E-state index contributed by atoms with van der Waals surface area (Å²) in [5.74, 6) is -2.62. The molecule has 0 fully saturated rings. The van der Waals surface area contributed by atoms with Gasteiger partial charge in [0.1, 0.15) is 17.5 Å². The number of benzene rings is 1. The van der Waals surface area contributed by atoms with E-state index in [-0.39, 0.29) is 16.4 Å². The highest BCUT2D eigenvalue weighted by Crippen LogP contribution is 2.25. The SMILES string of the molecule is CC(=O)SCC(O)C(O)c1cccc(F)c1C(=O)O. The van der Waals surface area contributed by atoms with Crippen LogP contribution in [0.1, 0.15) is 28.9 Å². The van der Waals surface area contributed by atoms with E-state index in [4.69, 9.17) is 5.11 Å². The van der Waals surface area contributed by atoms with Gasteiger partial charge in [-0.15, -0.1) is 0 Å². The van der Waals surface area contributed by atoms with Crippen LogP contribution in [-0.4, -0.2) is 38.3 Å². The summed E-state index contributed by atoms with van der Waals surface area (Å²) in [6.45, 7) is 1.30. The van der Waals surface area contributed by atoms with Crippen LogP contribution in [-0.2, 0) is 4.79 Å². The minimum atomic E-state index is -1.58. The van der Waals surface area contributed by atoms with Crippen molar-refractivity contribution in [3.8, 4) is 0 Å². The summed E-state index contributed by atoms with van der Waals surface area (Å²) in [5, 5.41) is 28.2. The van der Waals surface area contributed by atoms with Crippen molar-refractivity contribution in [3.63, 3.8) is 0 Å². The Morgan fingerprint density at radius 1 is 1.37 bits per heavy atom. The number of aliphatic hydroxyl groups is 2. The molecular weight excluding hydrogens is 275 g/mol. The molecule has 2 atom stereocenters. The Kier molecular flexibility index (Phi) is 5.46. The van der Waals surface area contributed by atoms with Crippen molar-refractivity contribution in [2.24, 2.45) is 0 Å². The second-order valence-electron chi connectivity index (χ2n) is 3.82. The summed E-state index contributed by atoms with van der Waals surface area (Å²) in [6, 6.07) is 3.42. The van der Waals surface area contributed by atoms with Gasteiger partial charge in [0.05, 0.1) is 6.10 Å². The fourth-order valence-electron chi connectivity index (χ4n) is 1.51. The summed E-state index contributed by atoms with van der Waals surface area (Å²) in [7, 11) is 0. The van der Waals surface area contributed by atoms with Crippen molar-refractivity contribution in [2.45, 2.75) is 19.1 Å². The minimum absolute atomic E-state index is 0.105. The second kappa shape index (κ2) is 6.65. The van der Waals surface area contributed by atoms with E-state index in [1.54, 1.807) is 0 Å². The molecule has 0 saturated carbocycles. The fourth-order valence-corrected chi connectivity index (χ4v) is 2.10. The lowest BCUT2D eigenvalue weighted by Crippen LogP contribution is -2.24. The van der Waals surface area contributed by atoms with E-state index < -0.39 is 29.6 Å². The Morgan fingerprint density at radius 2 is 2.00 bits per heavy atom. The van der Waals surface area contributed by atoms with E-state index in [0.717, 1.165) is 17.8 Å². The van der Waals surface area contributed by atoms with E-state index in [2.05, 4.69) is 0 Å². The molecule has 3 N–H and O–H groups in total. The van der Waals surface area contributed by atoms with Gasteiger partial charge in [-0.05, 0) is 6.07 Å². The van der Waals surface area contributed by atoms with Crippen molar-refractivity contribution >= 4 is 22.8 Å². The lowest BCUT2D eigenvalue weighted by Gasteiger charge is -2.19. The first-order valence-corrected chi connectivity index (χ1v) is 6.34. The highest BCUT2D eigenvalue weighted by atomic mass is 32.2. The standard InChI is InChI=1S/C12H13FO5S/c1-6(14)19-5-9(15)11(16)7-3-2-4-8(13)10(7)12(17)18/h2-4,9,11,15-16H,5H2,1H3,(H,17,18). The number of hydrogen-bond donors (Lipinski definition) is 3. The average Bonchev–Trinajstić information content (AvgIpc) is 2.34. The van der Waals surface area contributed by atoms with Gasteiger partial charge in [0.15, 0.2) is 5.12 Å². The number of thioether (sulfide) groups is 1. The summed E-state index contributed by atoms with van der Waals surface area (Å²) in [6.07, 6.45) is -2.94. The molecule has 0 radical (unpaired) electrons. The van der Waals surface area contributed by atoms with Crippen molar-refractivity contribution in [1.82, 2.24) is 0 Å². The Labute approximate surface area is 113 Å². The van der Waals surface area contributed by atoms with Gasteiger partial charge in [-0.2, -0.15) is 0 Å². The lowest BCUT2D eigenvalue weighted by molar-refractivity contribution is -0.109. The van der Waals surface area contributed by atoms with E-state index in [1.807, 2.05) is 0 Å². The predicted molar refractivity (Wildman–Crippen MR) is 67.5 cm³/mol. The third-order valence-electron chi connectivity index (χ3n) is 2.40. The third-order valence-corrected chi connectivity index (χ3v) is 3.31. The van der Waals surface area contributed by atoms with Crippen molar-refractivity contribution < 1.29 is 29.3 Å². The van der Waals surface area contributed by atoms with Crippen LogP contribution in [0.5, 0.6) is 0 Å². The third kappa shape index (κ3) is 4.02. The molecule has 1 aromatic carbocycles. The van der Waals surface area contributed by atoms with E-state index in [1.165, 1.54) is 19.1 Å². The number of aliphatic hydroxyl groups excluding tert-OH is 2. The number of carboxylic acids is 1. The van der Waals surface area contributed by atoms with Gasteiger partial charge in [-0.1, -0.05) is 23.9 Å². The second-order valence-corrected chi connectivity index (χ2v) is 5.02. The van der Waals surface area contributed by atoms with Crippen LogP contribution in [0.25, 0.3) is 0 Å². The van der Waals surface area contributed by atoms with Gasteiger partial charge in [0.2, 0.25) is 0 Å². The van der Waals surface area contributed by atoms with Gasteiger partial charge in [0.25, 0.3) is 0 Å². The first-order valence-electron chi connectivity index (χ1n) is 5.35. The molecule has 0 bridgehead atoms.